The maximum Gasteiger partial charge on any atom is 0.223 e. The number of nitrogens with one attached hydrogen (secondary N) is 2. The fourth-order valence-corrected chi connectivity index (χ4v) is 4.37. The monoisotopic (exact) mass is 437 g/mol. The van der Waals surface area contributed by atoms with E-state index in [9.17, 15) is 4.39 Å². The molecule has 1 aliphatic heterocycles. The van der Waals surface area contributed by atoms with Gasteiger partial charge in [-0.3, -0.25) is 0 Å². The SMILES string of the molecule is Cc1ccccc1-c1ccc2nc(NC[C@@H]3CCNC3)nc(-c3ccc(C#N)c(F)c3)c2c1. The fourth-order valence-electron chi connectivity index (χ4n) is 4.37. The molecule has 6 heteroatoms. The van der Waals surface area contributed by atoms with Gasteiger partial charge >= 0.3 is 0 Å². The molecular formula is C27H24FN5. The summed E-state index contributed by atoms with van der Waals surface area (Å²) in [5, 5.41) is 16.7. The summed E-state index contributed by atoms with van der Waals surface area (Å²) in [6, 6.07) is 20.8. The molecule has 2 heterocycles. The Morgan fingerprint density at radius 1 is 1.09 bits per heavy atom. The van der Waals surface area contributed by atoms with Gasteiger partial charge in [-0.15, -0.1) is 0 Å². The van der Waals surface area contributed by atoms with E-state index in [2.05, 4.69) is 41.8 Å². The number of rotatable bonds is 5. The molecule has 0 amide bonds. The molecule has 1 atom stereocenters. The van der Waals surface area contributed by atoms with Crippen LogP contribution in [-0.2, 0) is 0 Å². The Balaban J connectivity index is 1.63. The topological polar surface area (TPSA) is 73.6 Å². The van der Waals surface area contributed by atoms with Gasteiger partial charge in [0.15, 0.2) is 0 Å². The van der Waals surface area contributed by atoms with Crippen LogP contribution in [0.15, 0.2) is 60.7 Å². The van der Waals surface area contributed by atoms with Crippen LogP contribution >= 0.6 is 0 Å². The molecule has 5 rings (SSSR count). The molecule has 1 aromatic heterocycles. The van der Waals surface area contributed by atoms with Crippen molar-refractivity contribution in [3.63, 3.8) is 0 Å². The Kier molecular flexibility index (Phi) is 5.72. The first kappa shape index (κ1) is 21.0. The smallest absolute Gasteiger partial charge is 0.223 e. The first-order valence-corrected chi connectivity index (χ1v) is 11.1. The van der Waals surface area contributed by atoms with Crippen LogP contribution in [0, 0.1) is 30.0 Å². The maximum atomic E-state index is 14.5. The third-order valence-corrected chi connectivity index (χ3v) is 6.23. The Labute approximate surface area is 192 Å². The van der Waals surface area contributed by atoms with Crippen LogP contribution in [0.1, 0.15) is 17.5 Å². The average Bonchev–Trinajstić information content (AvgIpc) is 3.36. The van der Waals surface area contributed by atoms with E-state index in [-0.39, 0.29) is 5.56 Å². The Morgan fingerprint density at radius 2 is 1.94 bits per heavy atom. The highest BCUT2D eigenvalue weighted by Gasteiger charge is 2.17. The van der Waals surface area contributed by atoms with E-state index < -0.39 is 5.82 Å². The van der Waals surface area contributed by atoms with Gasteiger partial charge in [-0.05, 0) is 73.3 Å². The second-order valence-electron chi connectivity index (χ2n) is 8.49. The summed E-state index contributed by atoms with van der Waals surface area (Å²) in [5.74, 6) is 0.504. The summed E-state index contributed by atoms with van der Waals surface area (Å²) < 4.78 is 14.5. The maximum absolute atomic E-state index is 14.5. The molecule has 2 N–H and O–H groups in total. The van der Waals surface area contributed by atoms with Crippen LogP contribution in [0.3, 0.4) is 0 Å². The number of anilines is 1. The van der Waals surface area contributed by atoms with Crippen molar-refractivity contribution in [1.82, 2.24) is 15.3 Å². The number of fused-ring (bicyclic) bond motifs is 1. The first-order chi connectivity index (χ1) is 16.1. The molecule has 1 fully saturated rings. The van der Waals surface area contributed by atoms with E-state index in [0.29, 0.717) is 23.1 Å². The van der Waals surface area contributed by atoms with Gasteiger partial charge in [0.25, 0.3) is 0 Å². The highest BCUT2D eigenvalue weighted by molar-refractivity contribution is 5.96. The fraction of sp³-hybridized carbons (Fsp3) is 0.222. The Hall–Kier alpha value is -3.82. The lowest BCUT2D eigenvalue weighted by atomic mass is 9.97. The highest BCUT2D eigenvalue weighted by atomic mass is 19.1. The lowest BCUT2D eigenvalue weighted by Crippen LogP contribution is -2.18. The van der Waals surface area contributed by atoms with Crippen LogP contribution in [0.4, 0.5) is 10.3 Å². The molecule has 0 radical (unpaired) electrons. The second kappa shape index (κ2) is 8.97. The normalized spacial score (nSPS) is 15.5. The second-order valence-corrected chi connectivity index (χ2v) is 8.49. The number of halogens is 1. The molecule has 1 saturated heterocycles. The van der Waals surface area contributed by atoms with E-state index in [1.54, 1.807) is 6.07 Å². The minimum atomic E-state index is -0.552. The molecule has 164 valence electrons. The molecule has 1 aliphatic rings. The number of aryl methyl sites for hydroxylation is 1. The van der Waals surface area contributed by atoms with E-state index in [4.69, 9.17) is 15.2 Å². The number of nitrogens with zero attached hydrogens (tertiary/aromatic N) is 3. The van der Waals surface area contributed by atoms with E-state index in [1.807, 2.05) is 24.3 Å². The van der Waals surface area contributed by atoms with Crippen LogP contribution in [0.2, 0.25) is 0 Å². The van der Waals surface area contributed by atoms with E-state index in [0.717, 1.165) is 48.1 Å². The van der Waals surface area contributed by atoms with Crippen molar-refractivity contribution in [2.45, 2.75) is 13.3 Å². The van der Waals surface area contributed by atoms with Gasteiger partial charge in [0.1, 0.15) is 11.9 Å². The lowest BCUT2D eigenvalue weighted by molar-refractivity contribution is 0.613. The summed E-state index contributed by atoms with van der Waals surface area (Å²) >= 11 is 0. The molecule has 0 aliphatic carbocycles. The molecule has 0 unspecified atom stereocenters. The zero-order valence-electron chi connectivity index (χ0n) is 18.4. The number of hydrogen-bond acceptors (Lipinski definition) is 5. The van der Waals surface area contributed by atoms with Gasteiger partial charge in [-0.25, -0.2) is 14.4 Å². The largest absolute Gasteiger partial charge is 0.354 e. The van der Waals surface area contributed by atoms with Crippen LogP contribution in [0.5, 0.6) is 0 Å². The van der Waals surface area contributed by atoms with Gasteiger partial charge in [0.2, 0.25) is 5.95 Å². The summed E-state index contributed by atoms with van der Waals surface area (Å²) in [4.78, 5) is 9.54. The van der Waals surface area contributed by atoms with Gasteiger partial charge in [0.05, 0.1) is 16.8 Å². The number of nitriles is 1. The van der Waals surface area contributed by atoms with Crippen molar-refractivity contribution in [2.24, 2.45) is 5.92 Å². The third-order valence-electron chi connectivity index (χ3n) is 6.23. The molecule has 33 heavy (non-hydrogen) atoms. The lowest BCUT2D eigenvalue weighted by Gasteiger charge is -2.14. The average molecular weight is 438 g/mol. The number of hydrogen-bond donors (Lipinski definition) is 2. The molecule has 5 nitrogen and oxygen atoms in total. The third kappa shape index (κ3) is 4.28. The summed E-state index contributed by atoms with van der Waals surface area (Å²) in [7, 11) is 0. The van der Waals surface area contributed by atoms with Crippen molar-refractivity contribution in [3.05, 3.63) is 77.6 Å². The highest BCUT2D eigenvalue weighted by Crippen LogP contribution is 2.33. The molecule has 4 aromatic rings. The standard InChI is InChI=1S/C27H24FN5/c1-17-4-2-3-5-22(17)19-8-9-25-23(12-19)26(20-6-7-21(14-29)24(28)13-20)33-27(32-25)31-16-18-10-11-30-15-18/h2-9,12-13,18,30H,10-11,15-16H2,1H3,(H,31,32,33)/t18-/m1/s1. The predicted molar refractivity (Wildman–Crippen MR) is 129 cm³/mol. The van der Waals surface area contributed by atoms with Crippen LogP contribution in [0.25, 0.3) is 33.3 Å². The Morgan fingerprint density at radius 3 is 2.70 bits per heavy atom. The van der Waals surface area contributed by atoms with E-state index >= 15 is 0 Å². The van der Waals surface area contributed by atoms with Crippen molar-refractivity contribution in [3.8, 4) is 28.5 Å². The molecule has 3 aromatic carbocycles. The quantitative estimate of drug-likeness (QED) is 0.443. The predicted octanol–water partition coefficient (Wildman–Crippen LogP) is 5.30. The van der Waals surface area contributed by atoms with Crippen molar-refractivity contribution < 1.29 is 4.39 Å². The zero-order valence-corrected chi connectivity index (χ0v) is 18.4. The molecule has 0 saturated carbocycles. The number of benzene rings is 3. The van der Waals surface area contributed by atoms with Crippen molar-refractivity contribution >= 4 is 16.9 Å². The minimum Gasteiger partial charge on any atom is -0.354 e. The molecular weight excluding hydrogens is 413 g/mol. The first-order valence-electron chi connectivity index (χ1n) is 11.1. The van der Waals surface area contributed by atoms with Gasteiger partial charge in [-0.1, -0.05) is 36.4 Å². The Bertz CT molecular complexity index is 1370. The summed E-state index contributed by atoms with van der Waals surface area (Å²) in [6.45, 7) is 4.87. The van der Waals surface area contributed by atoms with Gasteiger partial charge < -0.3 is 10.6 Å². The molecule has 0 bridgehead atoms. The van der Waals surface area contributed by atoms with Gasteiger partial charge in [0, 0.05) is 17.5 Å². The van der Waals surface area contributed by atoms with Gasteiger partial charge in [-0.2, -0.15) is 5.26 Å². The van der Waals surface area contributed by atoms with Crippen LogP contribution in [-0.4, -0.2) is 29.6 Å². The van der Waals surface area contributed by atoms with E-state index in [1.165, 1.54) is 17.7 Å². The summed E-state index contributed by atoms with van der Waals surface area (Å²) in [6.07, 6.45) is 1.12. The minimum absolute atomic E-state index is 0.0183. The zero-order chi connectivity index (χ0) is 22.8. The van der Waals surface area contributed by atoms with Crippen LogP contribution < -0.4 is 10.6 Å². The molecule has 0 spiro atoms. The van der Waals surface area contributed by atoms with Crippen molar-refractivity contribution in [2.75, 3.05) is 25.0 Å². The number of aromatic nitrogens is 2. The van der Waals surface area contributed by atoms with Crippen molar-refractivity contribution in [1.29, 1.82) is 5.26 Å². The summed E-state index contributed by atoms with van der Waals surface area (Å²) in [5.41, 5.74) is 5.42.